The van der Waals surface area contributed by atoms with E-state index < -0.39 is 0 Å². The Morgan fingerprint density at radius 2 is 1.42 bits per heavy atom. The summed E-state index contributed by atoms with van der Waals surface area (Å²) in [6.07, 6.45) is 8.04. The van der Waals surface area contributed by atoms with Gasteiger partial charge in [-0.05, 0) is 48.6 Å². The van der Waals surface area contributed by atoms with Crippen LogP contribution >= 0.6 is 22.2 Å². The highest BCUT2D eigenvalue weighted by molar-refractivity contribution is 8.18. The van der Waals surface area contributed by atoms with Crippen LogP contribution in [0, 0.1) is 0 Å². The van der Waals surface area contributed by atoms with E-state index in [1.165, 1.54) is 31.4 Å². The highest BCUT2D eigenvalue weighted by atomic mass is 32.2. The highest BCUT2D eigenvalue weighted by Gasteiger charge is 2.21. The first-order valence-electron chi connectivity index (χ1n) is 7.65. The van der Waals surface area contributed by atoms with Crippen molar-refractivity contribution in [3.05, 3.63) is 72.8 Å². The molecular weight excluding hydrogens is 334 g/mol. The Labute approximate surface area is 147 Å². The van der Waals surface area contributed by atoms with Crippen molar-refractivity contribution >= 4 is 38.7 Å². The Balaban J connectivity index is 1.90. The van der Waals surface area contributed by atoms with E-state index in [4.69, 9.17) is 0 Å². The lowest BCUT2D eigenvalue weighted by atomic mass is 10.2. The van der Waals surface area contributed by atoms with E-state index >= 15 is 0 Å². The first-order chi connectivity index (χ1) is 11.7. The lowest BCUT2D eigenvalue weighted by Gasteiger charge is -2.25. The Bertz CT molecular complexity index is 902. The molecule has 1 heterocycles. The van der Waals surface area contributed by atoms with Gasteiger partial charge in [-0.2, -0.15) is 0 Å². The molecule has 0 aromatic heterocycles. The number of rotatable bonds is 0. The van der Waals surface area contributed by atoms with Crippen LogP contribution in [0.5, 0.6) is 0 Å². The second-order valence-electron chi connectivity index (χ2n) is 5.43. The number of fused-ring (bicyclic) bond motifs is 2. The third-order valence-corrected chi connectivity index (χ3v) is 7.46. The van der Waals surface area contributed by atoms with Gasteiger partial charge in [0, 0.05) is 31.4 Å². The van der Waals surface area contributed by atoms with Crippen LogP contribution in [0.3, 0.4) is 0 Å². The Morgan fingerprint density at radius 3 is 1.96 bits per heavy atom. The SMILES string of the molecule is CC(=O)N=C1C=CC(=S2c3ccccc3Sc3ccccc32)C=C1. The van der Waals surface area contributed by atoms with Crippen LogP contribution < -0.4 is 0 Å². The normalized spacial score (nSPS) is 15.9. The van der Waals surface area contributed by atoms with Crippen LogP contribution in [0.15, 0.2) is 97.4 Å². The molecule has 0 N–H and O–H groups in total. The fourth-order valence-corrected chi connectivity index (χ4v) is 6.47. The Hall–Kier alpha value is -2.17. The zero-order valence-corrected chi connectivity index (χ0v) is 14.7. The van der Waals surface area contributed by atoms with Crippen molar-refractivity contribution < 1.29 is 4.79 Å². The summed E-state index contributed by atoms with van der Waals surface area (Å²) in [7, 11) is -0.126. The van der Waals surface area contributed by atoms with Gasteiger partial charge in [0.25, 0.3) is 0 Å². The molecular formula is C20H15NOS2. The van der Waals surface area contributed by atoms with Gasteiger partial charge in [0.2, 0.25) is 5.91 Å². The predicted octanol–water partition coefficient (Wildman–Crippen LogP) is 5.12. The number of aliphatic imine (C=N–C) groups is 1. The molecule has 0 atom stereocenters. The van der Waals surface area contributed by atoms with Crippen molar-refractivity contribution in [3.63, 3.8) is 0 Å². The molecule has 4 rings (SSSR count). The largest absolute Gasteiger partial charge is 0.273 e. The number of benzene rings is 2. The van der Waals surface area contributed by atoms with E-state index in [1.54, 1.807) is 0 Å². The number of allylic oxidation sites excluding steroid dienone is 4. The van der Waals surface area contributed by atoms with Gasteiger partial charge in [0.05, 0.1) is 5.71 Å². The van der Waals surface area contributed by atoms with Gasteiger partial charge in [0.1, 0.15) is 0 Å². The van der Waals surface area contributed by atoms with Gasteiger partial charge < -0.3 is 0 Å². The Morgan fingerprint density at radius 1 is 0.875 bits per heavy atom. The topological polar surface area (TPSA) is 29.4 Å². The monoisotopic (exact) mass is 349 g/mol. The lowest BCUT2D eigenvalue weighted by molar-refractivity contribution is -0.115. The second-order valence-corrected chi connectivity index (χ2v) is 8.47. The van der Waals surface area contributed by atoms with Gasteiger partial charge in [-0.25, -0.2) is 4.99 Å². The quantitative estimate of drug-likeness (QED) is 0.527. The summed E-state index contributed by atoms with van der Waals surface area (Å²) >= 11 is 1.84. The average molecular weight is 349 g/mol. The van der Waals surface area contributed by atoms with E-state index in [-0.39, 0.29) is 16.4 Å². The molecule has 1 amide bonds. The minimum atomic E-state index is -0.171. The molecule has 0 unspecified atom stereocenters. The third kappa shape index (κ3) is 2.83. The fourth-order valence-electron chi connectivity index (χ4n) is 2.74. The van der Waals surface area contributed by atoms with Crippen molar-refractivity contribution in [1.82, 2.24) is 0 Å². The number of amides is 1. The van der Waals surface area contributed by atoms with Gasteiger partial charge in [0.15, 0.2) is 0 Å². The van der Waals surface area contributed by atoms with Crippen LogP contribution in [0.2, 0.25) is 0 Å². The molecule has 1 aliphatic carbocycles. The molecule has 1 aliphatic heterocycles. The van der Waals surface area contributed by atoms with Crippen LogP contribution in [-0.4, -0.2) is 16.5 Å². The van der Waals surface area contributed by atoms with E-state index in [0.29, 0.717) is 5.71 Å². The van der Waals surface area contributed by atoms with Crippen molar-refractivity contribution in [3.8, 4) is 0 Å². The van der Waals surface area contributed by atoms with Crippen molar-refractivity contribution in [2.24, 2.45) is 4.99 Å². The number of carbonyl (C=O) groups excluding carboxylic acids is 1. The van der Waals surface area contributed by atoms with E-state index in [0.717, 1.165) is 0 Å². The average Bonchev–Trinajstić information content (AvgIpc) is 2.60. The maximum atomic E-state index is 11.2. The van der Waals surface area contributed by atoms with Crippen LogP contribution in [-0.2, 0) is 4.79 Å². The van der Waals surface area contributed by atoms with Gasteiger partial charge in [-0.1, -0.05) is 36.0 Å². The zero-order valence-electron chi connectivity index (χ0n) is 13.1. The summed E-state index contributed by atoms with van der Waals surface area (Å²) in [4.78, 5) is 21.8. The summed E-state index contributed by atoms with van der Waals surface area (Å²) in [5.74, 6) is -0.171. The smallest absolute Gasteiger partial charge is 0.243 e. The molecule has 0 bridgehead atoms. The third-order valence-electron chi connectivity index (χ3n) is 3.72. The number of nitrogens with zero attached hydrogens (tertiary/aromatic N) is 1. The maximum Gasteiger partial charge on any atom is 0.243 e. The van der Waals surface area contributed by atoms with E-state index in [1.807, 2.05) is 23.9 Å². The van der Waals surface area contributed by atoms with E-state index in [2.05, 4.69) is 65.7 Å². The zero-order chi connectivity index (χ0) is 16.5. The van der Waals surface area contributed by atoms with Gasteiger partial charge >= 0.3 is 0 Å². The minimum absolute atomic E-state index is 0.126. The summed E-state index contributed by atoms with van der Waals surface area (Å²) in [5, 5.41) is 0. The molecule has 118 valence electrons. The molecule has 2 nitrogen and oxygen atoms in total. The second kappa shape index (κ2) is 6.38. The summed E-state index contributed by atoms with van der Waals surface area (Å²) in [6.45, 7) is 1.47. The lowest BCUT2D eigenvalue weighted by Crippen LogP contribution is -2.04. The van der Waals surface area contributed by atoms with Crippen LogP contribution in [0.4, 0.5) is 0 Å². The summed E-state index contributed by atoms with van der Waals surface area (Å²) in [6, 6.07) is 17.2. The van der Waals surface area contributed by atoms with Crippen LogP contribution in [0.1, 0.15) is 6.92 Å². The predicted molar refractivity (Wildman–Crippen MR) is 103 cm³/mol. The maximum absolute atomic E-state index is 11.2. The number of carbonyl (C=O) groups is 1. The van der Waals surface area contributed by atoms with E-state index in [9.17, 15) is 4.79 Å². The molecule has 2 aromatic rings. The fraction of sp³-hybridized carbons (Fsp3) is 0.0500. The van der Waals surface area contributed by atoms with Gasteiger partial charge in [-0.15, -0.1) is 10.5 Å². The highest BCUT2D eigenvalue weighted by Crippen LogP contribution is 2.53. The molecule has 0 radical (unpaired) electrons. The molecule has 0 saturated carbocycles. The molecule has 0 saturated heterocycles. The molecule has 0 spiro atoms. The van der Waals surface area contributed by atoms with Crippen molar-refractivity contribution in [2.45, 2.75) is 26.5 Å². The standard InChI is InChI=1S/C20H15NOS2/c1-14(22)21-15-10-12-16(13-11-15)24-19-8-4-2-6-17(19)23-18-7-3-5-9-20(18)24/h2-13H,1H3. The molecule has 2 aromatic carbocycles. The van der Waals surface area contributed by atoms with Crippen molar-refractivity contribution in [2.75, 3.05) is 0 Å². The number of hydrogen-bond acceptors (Lipinski definition) is 2. The summed E-state index contributed by atoms with van der Waals surface area (Å²) < 4.78 is 0. The molecule has 24 heavy (non-hydrogen) atoms. The Kier molecular flexibility index (Phi) is 4.08. The molecule has 4 heteroatoms. The first-order valence-corrected chi connectivity index (χ1v) is 9.69. The minimum Gasteiger partial charge on any atom is -0.273 e. The van der Waals surface area contributed by atoms with Crippen molar-refractivity contribution in [1.29, 1.82) is 0 Å². The van der Waals surface area contributed by atoms with Crippen LogP contribution in [0.25, 0.3) is 0 Å². The summed E-state index contributed by atoms with van der Waals surface area (Å²) in [5.41, 5.74) is 0.711. The molecule has 0 fully saturated rings. The molecule has 2 aliphatic rings. The van der Waals surface area contributed by atoms with Gasteiger partial charge in [-0.3, -0.25) is 4.79 Å². The number of hydrogen-bond donors (Lipinski definition) is 0. The first kappa shape index (κ1) is 15.4.